The summed E-state index contributed by atoms with van der Waals surface area (Å²) in [6, 6.07) is 7.52. The summed E-state index contributed by atoms with van der Waals surface area (Å²) >= 11 is 3.47. The lowest BCUT2D eigenvalue weighted by molar-refractivity contribution is -0.446. The fraction of sp³-hybridized carbons (Fsp3) is 0.632. The molecule has 0 N–H and O–H groups in total. The van der Waals surface area contributed by atoms with Crippen LogP contribution in [0.1, 0.15) is 0 Å². The van der Waals surface area contributed by atoms with Crippen LogP contribution in [0.4, 0.5) is 75.9 Å². The molecule has 20 heteroatoms. The minimum atomic E-state index is -8.60. The van der Waals surface area contributed by atoms with Gasteiger partial charge >= 0.3 is 46.8 Å². The molecule has 1 aromatic rings. The van der Waals surface area contributed by atoms with E-state index in [0.29, 0.717) is 5.69 Å². The van der Waals surface area contributed by atoms with E-state index in [0.717, 1.165) is 0 Å². The first-order valence-electron chi connectivity index (χ1n) is 10.0. The molecule has 0 radical (unpaired) electrons. The van der Waals surface area contributed by atoms with Crippen LogP contribution < -0.4 is 4.90 Å². The standard InChI is InChI=1S/C19H13ClF16N2O/c20-19(35,36)18(33,34)17(31,32)16(29,30)15(27,28)14(25,26)13(23,24)12(21,22)11(39)38-8-6-37(7-9-38)10-4-2-1-3-5-10/h1-5H,6-9H2. The van der Waals surface area contributed by atoms with Crippen LogP contribution in [0.2, 0.25) is 0 Å². The highest BCUT2D eigenvalue weighted by Gasteiger charge is 2.95. The van der Waals surface area contributed by atoms with Crippen LogP contribution in [0.3, 0.4) is 0 Å². The van der Waals surface area contributed by atoms with Crippen LogP contribution in [-0.2, 0) is 4.79 Å². The fourth-order valence-electron chi connectivity index (χ4n) is 3.30. The molecule has 3 nitrogen and oxygen atoms in total. The summed E-state index contributed by atoms with van der Waals surface area (Å²) in [5.74, 6) is -60.1. The molecule has 1 aromatic carbocycles. The predicted molar refractivity (Wildman–Crippen MR) is 101 cm³/mol. The smallest absolute Gasteiger partial charge is 0.368 e. The molecule has 224 valence electrons. The van der Waals surface area contributed by atoms with E-state index in [2.05, 4.69) is 11.6 Å². The Hall–Kier alpha value is -2.34. The molecule has 1 aliphatic heterocycles. The van der Waals surface area contributed by atoms with Crippen LogP contribution in [0.25, 0.3) is 0 Å². The van der Waals surface area contributed by atoms with Gasteiger partial charge in [0.1, 0.15) is 0 Å². The third-order valence-electron chi connectivity index (χ3n) is 5.68. The van der Waals surface area contributed by atoms with Gasteiger partial charge in [-0.05, 0) is 23.7 Å². The number of halogens is 17. The fourth-order valence-corrected chi connectivity index (χ4v) is 3.42. The molecule has 0 atom stereocenters. The van der Waals surface area contributed by atoms with E-state index < -0.39 is 78.9 Å². The summed E-state index contributed by atoms with van der Waals surface area (Å²) in [5, 5.41) is -6.85. The van der Waals surface area contributed by atoms with Crippen molar-refractivity contribution in [3.05, 3.63) is 30.3 Å². The molecule has 0 bridgehead atoms. The van der Waals surface area contributed by atoms with Crippen molar-refractivity contribution in [2.24, 2.45) is 0 Å². The molecule has 1 saturated heterocycles. The number of hydrogen-bond donors (Lipinski definition) is 0. The van der Waals surface area contributed by atoms with Gasteiger partial charge in [-0.2, -0.15) is 70.2 Å². The highest BCUT2D eigenvalue weighted by atomic mass is 35.5. The average molecular weight is 625 g/mol. The number of anilines is 1. The van der Waals surface area contributed by atoms with Crippen molar-refractivity contribution < 1.29 is 75.0 Å². The Kier molecular flexibility index (Phi) is 8.13. The van der Waals surface area contributed by atoms with E-state index in [1.54, 1.807) is 6.07 Å². The first-order chi connectivity index (χ1) is 17.2. The van der Waals surface area contributed by atoms with Gasteiger partial charge in [-0.1, -0.05) is 18.2 Å². The number of carbonyl (C=O) groups excluding carboxylic acids is 1. The molecule has 1 heterocycles. The Morgan fingerprint density at radius 1 is 0.564 bits per heavy atom. The maximum absolute atomic E-state index is 14.2. The van der Waals surface area contributed by atoms with E-state index in [-0.39, 0.29) is 4.90 Å². The van der Waals surface area contributed by atoms with Crippen LogP contribution in [0.5, 0.6) is 0 Å². The zero-order valence-corrected chi connectivity index (χ0v) is 19.2. The Bertz CT molecular complexity index is 1040. The van der Waals surface area contributed by atoms with Crippen LogP contribution >= 0.6 is 11.6 Å². The molecule has 0 aliphatic carbocycles. The van der Waals surface area contributed by atoms with Crippen molar-refractivity contribution in [3.63, 3.8) is 0 Å². The third kappa shape index (κ3) is 4.71. The number of para-hydroxylation sites is 1. The van der Waals surface area contributed by atoms with Gasteiger partial charge in [0.2, 0.25) is 0 Å². The molecular weight excluding hydrogens is 612 g/mol. The van der Waals surface area contributed by atoms with Crippen molar-refractivity contribution in [1.82, 2.24) is 4.90 Å². The number of hydrogen-bond acceptors (Lipinski definition) is 2. The number of benzene rings is 1. The number of amides is 1. The number of piperazine rings is 1. The van der Waals surface area contributed by atoms with Crippen LogP contribution in [-0.4, -0.2) is 83.8 Å². The summed E-state index contributed by atoms with van der Waals surface area (Å²) in [4.78, 5) is 13.1. The topological polar surface area (TPSA) is 23.6 Å². The van der Waals surface area contributed by atoms with Crippen molar-refractivity contribution in [1.29, 1.82) is 0 Å². The predicted octanol–water partition coefficient (Wildman–Crippen LogP) is 6.61. The van der Waals surface area contributed by atoms with E-state index in [9.17, 15) is 75.0 Å². The van der Waals surface area contributed by atoms with Gasteiger partial charge in [0.05, 0.1) is 0 Å². The van der Waals surface area contributed by atoms with Gasteiger partial charge in [0.25, 0.3) is 5.91 Å². The van der Waals surface area contributed by atoms with Gasteiger partial charge in [-0.3, -0.25) is 4.79 Å². The second kappa shape index (κ2) is 9.64. The molecular formula is C19H13ClF16N2O. The van der Waals surface area contributed by atoms with E-state index in [4.69, 9.17) is 0 Å². The first-order valence-corrected chi connectivity index (χ1v) is 10.4. The Morgan fingerprint density at radius 3 is 1.31 bits per heavy atom. The minimum Gasteiger partial charge on any atom is -0.368 e. The van der Waals surface area contributed by atoms with Gasteiger partial charge < -0.3 is 9.80 Å². The largest absolute Gasteiger partial charge is 0.393 e. The van der Waals surface area contributed by atoms with Crippen LogP contribution in [0.15, 0.2) is 30.3 Å². The maximum Gasteiger partial charge on any atom is 0.393 e. The Morgan fingerprint density at radius 2 is 0.923 bits per heavy atom. The maximum atomic E-state index is 14.2. The van der Waals surface area contributed by atoms with Crippen LogP contribution in [0, 0.1) is 0 Å². The SMILES string of the molecule is O=C(N1CCN(c2ccccc2)CC1)C(F)(F)C(F)(F)C(F)(F)C(F)(F)C(F)(F)C(F)(F)C(F)(F)C(F)(F)Cl. The number of carbonyl (C=O) groups is 1. The quantitative estimate of drug-likeness (QED) is 0.228. The molecule has 1 fully saturated rings. The third-order valence-corrected chi connectivity index (χ3v) is 5.92. The zero-order valence-electron chi connectivity index (χ0n) is 18.4. The van der Waals surface area contributed by atoms with Gasteiger partial charge in [-0.25, -0.2) is 0 Å². The Labute approximate surface area is 212 Å². The number of alkyl halides is 17. The molecule has 1 amide bonds. The zero-order chi connectivity index (χ0) is 30.7. The molecule has 39 heavy (non-hydrogen) atoms. The van der Waals surface area contributed by atoms with Crippen molar-refractivity contribution >= 4 is 23.2 Å². The monoisotopic (exact) mass is 624 g/mol. The summed E-state index contributed by atoms with van der Waals surface area (Å²) in [6.45, 7) is -2.72. The van der Waals surface area contributed by atoms with Gasteiger partial charge in [0.15, 0.2) is 0 Å². The lowest BCUT2D eigenvalue weighted by Gasteiger charge is -2.43. The molecule has 0 unspecified atom stereocenters. The second-order valence-corrected chi connectivity index (χ2v) is 8.61. The van der Waals surface area contributed by atoms with Gasteiger partial charge in [0, 0.05) is 31.9 Å². The lowest BCUT2D eigenvalue weighted by Crippen LogP contribution is -2.75. The summed E-state index contributed by atoms with van der Waals surface area (Å²) in [7, 11) is 0. The molecule has 0 saturated carbocycles. The summed E-state index contributed by atoms with van der Waals surface area (Å²) in [5.41, 5.74) is 0.412. The summed E-state index contributed by atoms with van der Waals surface area (Å²) in [6.07, 6.45) is 0. The minimum absolute atomic E-state index is 0.253. The van der Waals surface area contributed by atoms with Gasteiger partial charge in [-0.15, -0.1) is 0 Å². The Balaban J connectivity index is 2.40. The molecule has 2 rings (SSSR count). The normalized spacial score (nSPS) is 17.5. The van der Waals surface area contributed by atoms with E-state index in [1.807, 2.05) is 0 Å². The first kappa shape index (κ1) is 32.9. The molecule has 0 aromatic heterocycles. The van der Waals surface area contributed by atoms with Crippen molar-refractivity contribution in [3.8, 4) is 0 Å². The molecule has 1 aliphatic rings. The van der Waals surface area contributed by atoms with Crippen molar-refractivity contribution in [2.75, 3.05) is 31.1 Å². The lowest BCUT2D eigenvalue weighted by atomic mass is 9.88. The highest BCUT2D eigenvalue weighted by molar-refractivity contribution is 6.22. The van der Waals surface area contributed by atoms with E-state index >= 15 is 0 Å². The number of nitrogens with zero attached hydrogens (tertiary/aromatic N) is 2. The van der Waals surface area contributed by atoms with Crippen molar-refractivity contribution in [2.45, 2.75) is 46.8 Å². The summed E-state index contributed by atoms with van der Waals surface area (Å²) < 4.78 is 218. The molecule has 0 spiro atoms. The average Bonchev–Trinajstić information content (AvgIpc) is 2.82. The highest BCUT2D eigenvalue weighted by Crippen LogP contribution is 2.64. The van der Waals surface area contributed by atoms with E-state index in [1.165, 1.54) is 29.2 Å². The number of rotatable bonds is 9. The second-order valence-electron chi connectivity index (χ2n) is 8.13.